The fourth-order valence-corrected chi connectivity index (χ4v) is 5.25. The van der Waals surface area contributed by atoms with Gasteiger partial charge in [0.05, 0.1) is 18.8 Å². The maximum Gasteiger partial charge on any atom is 0.220 e. The van der Waals surface area contributed by atoms with E-state index in [1.165, 1.54) is 51.4 Å². The SMILES string of the molecule is CC/C=C\C/C=C\C/C=C\C/C=C\C/C=C\C/C=C\CCCCCCC(=O)NC(CO)C(O)/C=C/CC/C=C/CCCCCCCCCC. The maximum absolute atomic E-state index is 12.3. The first-order chi connectivity index (χ1) is 24.2. The van der Waals surface area contributed by atoms with Gasteiger partial charge < -0.3 is 15.5 Å². The summed E-state index contributed by atoms with van der Waals surface area (Å²) >= 11 is 0. The Bertz CT molecular complexity index is 952. The summed E-state index contributed by atoms with van der Waals surface area (Å²) in [4.78, 5) is 12.3. The van der Waals surface area contributed by atoms with Crippen LogP contribution in [0.25, 0.3) is 0 Å². The second-order valence-corrected chi connectivity index (χ2v) is 13.0. The van der Waals surface area contributed by atoms with Crippen LogP contribution in [0, 0.1) is 0 Å². The van der Waals surface area contributed by atoms with Gasteiger partial charge in [0.1, 0.15) is 0 Å². The highest BCUT2D eigenvalue weighted by Gasteiger charge is 2.17. The van der Waals surface area contributed by atoms with Crippen LogP contribution >= 0.6 is 0 Å². The number of rotatable bonds is 34. The average Bonchev–Trinajstić information content (AvgIpc) is 3.10. The summed E-state index contributed by atoms with van der Waals surface area (Å²) < 4.78 is 0. The Balaban J connectivity index is 3.77. The number of carbonyl (C=O) groups is 1. The monoisotopic (exact) mass is 678 g/mol. The molecule has 0 bridgehead atoms. The molecular formula is C45H75NO3. The largest absolute Gasteiger partial charge is 0.394 e. The molecule has 0 radical (unpaired) electrons. The Morgan fingerprint density at radius 1 is 0.510 bits per heavy atom. The first-order valence-corrected chi connectivity index (χ1v) is 20.0. The fourth-order valence-electron chi connectivity index (χ4n) is 5.25. The van der Waals surface area contributed by atoms with Crippen LogP contribution in [0.5, 0.6) is 0 Å². The third-order valence-corrected chi connectivity index (χ3v) is 8.30. The van der Waals surface area contributed by atoms with E-state index in [0.717, 1.165) is 89.9 Å². The normalized spacial score (nSPS) is 14.1. The highest BCUT2D eigenvalue weighted by molar-refractivity contribution is 5.76. The van der Waals surface area contributed by atoms with E-state index in [1.807, 2.05) is 6.08 Å². The summed E-state index contributed by atoms with van der Waals surface area (Å²) in [6.45, 7) is 4.14. The van der Waals surface area contributed by atoms with Gasteiger partial charge in [-0.15, -0.1) is 0 Å². The maximum atomic E-state index is 12.3. The summed E-state index contributed by atoms with van der Waals surface area (Å²) in [7, 11) is 0. The molecule has 0 aliphatic heterocycles. The molecule has 0 aromatic rings. The highest BCUT2D eigenvalue weighted by atomic mass is 16.3. The van der Waals surface area contributed by atoms with Crippen molar-refractivity contribution in [3.05, 3.63) is 97.2 Å². The molecule has 4 nitrogen and oxygen atoms in total. The Morgan fingerprint density at radius 2 is 0.918 bits per heavy atom. The molecule has 0 fully saturated rings. The third kappa shape index (κ3) is 36.4. The van der Waals surface area contributed by atoms with E-state index in [0.29, 0.717) is 6.42 Å². The lowest BCUT2D eigenvalue weighted by Crippen LogP contribution is -2.45. The van der Waals surface area contributed by atoms with Crippen LogP contribution in [0.1, 0.15) is 162 Å². The summed E-state index contributed by atoms with van der Waals surface area (Å²) in [5.41, 5.74) is 0. The van der Waals surface area contributed by atoms with Crippen LogP contribution in [-0.2, 0) is 4.79 Å². The number of hydrogen-bond donors (Lipinski definition) is 3. The van der Waals surface area contributed by atoms with Crippen molar-refractivity contribution in [2.75, 3.05) is 6.61 Å². The average molecular weight is 678 g/mol. The third-order valence-electron chi connectivity index (χ3n) is 8.30. The van der Waals surface area contributed by atoms with E-state index < -0.39 is 12.1 Å². The van der Waals surface area contributed by atoms with Crippen LogP contribution in [-0.4, -0.2) is 34.9 Å². The van der Waals surface area contributed by atoms with Crippen molar-refractivity contribution >= 4 is 5.91 Å². The van der Waals surface area contributed by atoms with E-state index in [4.69, 9.17) is 0 Å². The number of nitrogens with one attached hydrogen (secondary N) is 1. The van der Waals surface area contributed by atoms with Crippen molar-refractivity contribution in [2.45, 2.75) is 174 Å². The molecule has 2 unspecified atom stereocenters. The summed E-state index contributed by atoms with van der Waals surface area (Å²) in [5.74, 6) is -0.104. The number of aliphatic hydroxyl groups is 2. The molecule has 0 aromatic carbocycles. The lowest BCUT2D eigenvalue weighted by molar-refractivity contribution is -0.123. The highest BCUT2D eigenvalue weighted by Crippen LogP contribution is 2.11. The van der Waals surface area contributed by atoms with E-state index in [2.05, 4.69) is 104 Å². The molecule has 0 heterocycles. The summed E-state index contributed by atoms with van der Waals surface area (Å²) in [6, 6.07) is -0.658. The molecule has 49 heavy (non-hydrogen) atoms. The molecule has 0 saturated carbocycles. The molecule has 0 aliphatic rings. The minimum Gasteiger partial charge on any atom is -0.394 e. The quantitative estimate of drug-likeness (QED) is 0.0469. The van der Waals surface area contributed by atoms with E-state index in [9.17, 15) is 15.0 Å². The van der Waals surface area contributed by atoms with Crippen molar-refractivity contribution in [2.24, 2.45) is 0 Å². The van der Waals surface area contributed by atoms with Crippen LogP contribution in [0.4, 0.5) is 0 Å². The van der Waals surface area contributed by atoms with Crippen LogP contribution in [0.2, 0.25) is 0 Å². The van der Waals surface area contributed by atoms with Crippen molar-refractivity contribution in [1.82, 2.24) is 5.32 Å². The predicted octanol–water partition coefficient (Wildman–Crippen LogP) is 12.3. The van der Waals surface area contributed by atoms with Gasteiger partial charge >= 0.3 is 0 Å². The predicted molar refractivity (Wildman–Crippen MR) is 216 cm³/mol. The molecule has 0 aromatic heterocycles. The minimum atomic E-state index is -0.878. The van der Waals surface area contributed by atoms with Gasteiger partial charge in [0.15, 0.2) is 0 Å². The second kappa shape index (κ2) is 39.7. The van der Waals surface area contributed by atoms with E-state index in [1.54, 1.807) is 6.08 Å². The molecular weight excluding hydrogens is 602 g/mol. The van der Waals surface area contributed by atoms with Gasteiger partial charge in [0, 0.05) is 6.42 Å². The van der Waals surface area contributed by atoms with Gasteiger partial charge in [0.2, 0.25) is 5.91 Å². The van der Waals surface area contributed by atoms with Crippen LogP contribution < -0.4 is 5.32 Å². The molecule has 0 aliphatic carbocycles. The van der Waals surface area contributed by atoms with Gasteiger partial charge in [-0.25, -0.2) is 0 Å². The second-order valence-electron chi connectivity index (χ2n) is 13.0. The zero-order chi connectivity index (χ0) is 35.7. The summed E-state index contributed by atoms with van der Waals surface area (Å²) in [5, 5.41) is 22.9. The van der Waals surface area contributed by atoms with Gasteiger partial charge in [0.25, 0.3) is 0 Å². The Hall–Kier alpha value is -2.69. The van der Waals surface area contributed by atoms with Crippen LogP contribution in [0.3, 0.4) is 0 Å². The number of unbranched alkanes of at least 4 members (excludes halogenated alkanes) is 13. The van der Waals surface area contributed by atoms with Crippen molar-refractivity contribution in [1.29, 1.82) is 0 Å². The van der Waals surface area contributed by atoms with E-state index in [-0.39, 0.29) is 12.5 Å². The Labute approximate surface area is 303 Å². The number of hydrogen-bond acceptors (Lipinski definition) is 3. The Morgan fingerprint density at radius 3 is 1.43 bits per heavy atom. The molecule has 278 valence electrons. The molecule has 4 heteroatoms. The first kappa shape index (κ1) is 46.3. The first-order valence-electron chi connectivity index (χ1n) is 20.0. The molecule has 0 saturated heterocycles. The molecule has 3 N–H and O–H groups in total. The van der Waals surface area contributed by atoms with Crippen molar-refractivity contribution in [3.8, 4) is 0 Å². The van der Waals surface area contributed by atoms with Crippen molar-refractivity contribution < 1.29 is 15.0 Å². The molecule has 0 spiro atoms. The Kier molecular flexibility index (Phi) is 37.6. The van der Waals surface area contributed by atoms with Gasteiger partial charge in [-0.05, 0) is 83.5 Å². The number of carbonyl (C=O) groups excluding carboxylic acids is 1. The zero-order valence-corrected chi connectivity index (χ0v) is 31.7. The lowest BCUT2D eigenvalue weighted by Gasteiger charge is -2.19. The number of allylic oxidation sites excluding steroid dienone is 15. The van der Waals surface area contributed by atoms with E-state index >= 15 is 0 Å². The number of aliphatic hydroxyl groups excluding tert-OH is 2. The topological polar surface area (TPSA) is 69.6 Å². The molecule has 0 rings (SSSR count). The van der Waals surface area contributed by atoms with Crippen LogP contribution in [0.15, 0.2) is 97.2 Å². The van der Waals surface area contributed by atoms with Crippen molar-refractivity contribution in [3.63, 3.8) is 0 Å². The number of amides is 1. The van der Waals surface area contributed by atoms with Gasteiger partial charge in [-0.1, -0.05) is 169 Å². The van der Waals surface area contributed by atoms with Gasteiger partial charge in [-0.3, -0.25) is 4.79 Å². The minimum absolute atomic E-state index is 0.104. The smallest absolute Gasteiger partial charge is 0.220 e. The molecule has 1 amide bonds. The standard InChI is InChI=1S/C45H75NO3/c1-3-5-7-9-11-13-15-17-19-20-21-22-23-24-25-26-27-29-31-33-35-37-39-41-45(49)46-43(42-47)44(48)40-38-36-34-32-30-28-18-16-14-12-10-8-6-4-2/h5,7,11,13,17,19,21-22,24-25,27,29-30,32,38,40,43-44,47-48H,3-4,6,8-10,12,14-16,18,20,23,26,28,31,33-37,39,41-42H2,1-2H3,(H,46,49)/b7-5-,13-11-,19-17-,22-21-,25-24-,29-27-,32-30+,40-38+. The fraction of sp³-hybridized carbons (Fsp3) is 0.622. The zero-order valence-electron chi connectivity index (χ0n) is 31.7. The summed E-state index contributed by atoms with van der Waals surface area (Å²) in [6.07, 6.45) is 59.2. The lowest BCUT2D eigenvalue weighted by atomic mass is 10.1. The molecule has 2 atom stereocenters. The van der Waals surface area contributed by atoms with Gasteiger partial charge in [-0.2, -0.15) is 0 Å².